The average molecular weight is 415 g/mol. The van der Waals surface area contributed by atoms with Crippen molar-refractivity contribution >= 4 is 39.4 Å². The van der Waals surface area contributed by atoms with E-state index in [-0.39, 0.29) is 11.8 Å². The molecule has 4 N–H and O–H groups in total. The summed E-state index contributed by atoms with van der Waals surface area (Å²) in [6, 6.07) is 19.1. The molecule has 0 aliphatic heterocycles. The Morgan fingerprint density at radius 2 is 1.81 bits per heavy atom. The molecule has 2 amide bonds. The van der Waals surface area contributed by atoms with E-state index >= 15 is 0 Å². The molecule has 0 bridgehead atoms. The van der Waals surface area contributed by atoms with Gasteiger partial charge in [-0.15, -0.1) is 0 Å². The first-order valence-electron chi connectivity index (χ1n) is 10.3. The lowest BCUT2D eigenvalue weighted by molar-refractivity contribution is -0.128. The molecule has 4 aromatic rings. The van der Waals surface area contributed by atoms with E-state index in [4.69, 9.17) is 0 Å². The predicted octanol–water partition coefficient (Wildman–Crippen LogP) is 2.99. The van der Waals surface area contributed by atoms with Crippen LogP contribution in [0.5, 0.6) is 0 Å². The third kappa shape index (κ3) is 5.01. The second kappa shape index (κ2) is 9.30. The van der Waals surface area contributed by atoms with E-state index in [0.29, 0.717) is 19.5 Å². The number of amides is 2. The molecule has 0 fully saturated rings. The summed E-state index contributed by atoms with van der Waals surface area (Å²) in [5, 5.41) is 11.0. The highest BCUT2D eigenvalue weighted by Gasteiger charge is 2.21. The van der Waals surface area contributed by atoms with Crippen LogP contribution in [0, 0.1) is 0 Å². The minimum Gasteiger partial charge on any atom is -0.368 e. The number of aromatic amines is 1. The van der Waals surface area contributed by atoms with Crippen LogP contribution in [-0.4, -0.2) is 40.9 Å². The number of carbonyl (C=O) groups is 2. The Morgan fingerprint density at radius 3 is 2.68 bits per heavy atom. The quantitative estimate of drug-likeness (QED) is 0.333. The highest BCUT2D eigenvalue weighted by molar-refractivity contribution is 5.89. The van der Waals surface area contributed by atoms with Gasteiger partial charge in [0.05, 0.1) is 5.52 Å². The predicted molar refractivity (Wildman–Crippen MR) is 123 cm³/mol. The number of pyridine rings is 1. The van der Waals surface area contributed by atoms with Crippen molar-refractivity contribution in [3.05, 3.63) is 72.4 Å². The molecule has 2 aromatic heterocycles. The normalized spacial score (nSPS) is 11.9. The lowest BCUT2D eigenvalue weighted by atomic mass is 10.0. The molecule has 0 spiro atoms. The monoisotopic (exact) mass is 415 g/mol. The lowest BCUT2D eigenvalue weighted by Crippen LogP contribution is -2.48. The van der Waals surface area contributed by atoms with Crippen molar-refractivity contribution in [3.63, 3.8) is 0 Å². The molecule has 0 saturated heterocycles. The van der Waals surface area contributed by atoms with E-state index < -0.39 is 6.04 Å². The molecule has 2 aromatic carbocycles. The summed E-state index contributed by atoms with van der Waals surface area (Å²) in [6.45, 7) is 2.36. The van der Waals surface area contributed by atoms with Gasteiger partial charge in [0.25, 0.3) is 0 Å². The van der Waals surface area contributed by atoms with Crippen molar-refractivity contribution in [3.8, 4) is 0 Å². The minimum absolute atomic E-state index is 0.214. The average Bonchev–Trinajstić information content (AvgIpc) is 3.18. The first-order chi connectivity index (χ1) is 15.1. The number of hydrogen-bond donors (Lipinski definition) is 4. The number of benzene rings is 2. The van der Waals surface area contributed by atoms with E-state index in [1.807, 2.05) is 66.9 Å². The fraction of sp³-hybridized carbons (Fsp3) is 0.208. The van der Waals surface area contributed by atoms with Gasteiger partial charge >= 0.3 is 0 Å². The Labute approximate surface area is 180 Å². The van der Waals surface area contributed by atoms with Crippen LogP contribution in [0.15, 0.2) is 66.9 Å². The third-order valence-corrected chi connectivity index (χ3v) is 5.12. The standard InChI is InChI=1S/C24H25N5O2/c1-16(30)28-22(14-18-15-27-21-9-5-3-7-19(18)21)24(31)26-13-12-25-23-11-10-17-6-2-4-8-20(17)29-23/h2-11,15,22,27H,12-14H2,1H3,(H,25,29)(H,26,31)(H,28,30). The summed E-state index contributed by atoms with van der Waals surface area (Å²) in [5.74, 6) is 0.303. The highest BCUT2D eigenvalue weighted by Crippen LogP contribution is 2.19. The van der Waals surface area contributed by atoms with Crippen LogP contribution in [-0.2, 0) is 16.0 Å². The number of fused-ring (bicyclic) bond motifs is 2. The van der Waals surface area contributed by atoms with Gasteiger partial charge in [0, 0.05) is 48.9 Å². The van der Waals surface area contributed by atoms with Gasteiger partial charge in [0.1, 0.15) is 11.9 Å². The van der Waals surface area contributed by atoms with Gasteiger partial charge in [-0.3, -0.25) is 9.59 Å². The van der Waals surface area contributed by atoms with Crippen LogP contribution in [0.1, 0.15) is 12.5 Å². The van der Waals surface area contributed by atoms with Crippen LogP contribution in [0.2, 0.25) is 0 Å². The van der Waals surface area contributed by atoms with Crippen molar-refractivity contribution in [1.29, 1.82) is 0 Å². The SMILES string of the molecule is CC(=O)NC(Cc1c[nH]c2ccccc12)C(=O)NCCNc1ccc2ccccc2n1. The van der Waals surface area contributed by atoms with E-state index in [1.165, 1.54) is 6.92 Å². The maximum atomic E-state index is 12.7. The van der Waals surface area contributed by atoms with Crippen LogP contribution < -0.4 is 16.0 Å². The molecule has 7 heteroatoms. The van der Waals surface area contributed by atoms with Crippen LogP contribution in [0.3, 0.4) is 0 Å². The molecule has 0 radical (unpaired) electrons. The molecule has 2 heterocycles. The van der Waals surface area contributed by atoms with E-state index in [9.17, 15) is 9.59 Å². The molecule has 4 rings (SSSR count). The highest BCUT2D eigenvalue weighted by atomic mass is 16.2. The maximum Gasteiger partial charge on any atom is 0.242 e. The summed E-state index contributed by atoms with van der Waals surface area (Å²) in [5.41, 5.74) is 2.91. The Kier molecular flexibility index (Phi) is 6.12. The zero-order valence-electron chi connectivity index (χ0n) is 17.3. The molecular formula is C24H25N5O2. The van der Waals surface area contributed by atoms with Gasteiger partial charge < -0.3 is 20.9 Å². The first-order valence-corrected chi connectivity index (χ1v) is 10.3. The summed E-state index contributed by atoms with van der Waals surface area (Å²) in [6.07, 6.45) is 2.30. The number of carbonyl (C=O) groups excluding carboxylic acids is 2. The Balaban J connectivity index is 1.34. The molecule has 0 aliphatic rings. The molecule has 7 nitrogen and oxygen atoms in total. The Hall–Kier alpha value is -3.87. The molecule has 158 valence electrons. The van der Waals surface area contributed by atoms with Crippen LogP contribution in [0.4, 0.5) is 5.82 Å². The van der Waals surface area contributed by atoms with Crippen molar-refractivity contribution in [1.82, 2.24) is 20.6 Å². The lowest BCUT2D eigenvalue weighted by Gasteiger charge is -2.17. The summed E-state index contributed by atoms with van der Waals surface area (Å²) >= 11 is 0. The van der Waals surface area contributed by atoms with E-state index in [0.717, 1.165) is 33.2 Å². The minimum atomic E-state index is -0.643. The maximum absolute atomic E-state index is 12.7. The number of aromatic nitrogens is 2. The first kappa shape index (κ1) is 20.4. The smallest absolute Gasteiger partial charge is 0.242 e. The van der Waals surface area contributed by atoms with E-state index in [2.05, 4.69) is 25.9 Å². The van der Waals surface area contributed by atoms with Gasteiger partial charge in [-0.25, -0.2) is 4.98 Å². The van der Waals surface area contributed by atoms with Crippen molar-refractivity contribution < 1.29 is 9.59 Å². The van der Waals surface area contributed by atoms with Gasteiger partial charge in [0.15, 0.2) is 0 Å². The van der Waals surface area contributed by atoms with Gasteiger partial charge in [-0.1, -0.05) is 36.4 Å². The van der Waals surface area contributed by atoms with Crippen LogP contribution in [0.25, 0.3) is 21.8 Å². The summed E-state index contributed by atoms with van der Waals surface area (Å²) in [7, 11) is 0. The summed E-state index contributed by atoms with van der Waals surface area (Å²) in [4.78, 5) is 32.2. The molecule has 0 aliphatic carbocycles. The van der Waals surface area contributed by atoms with Gasteiger partial charge in [-0.2, -0.15) is 0 Å². The number of nitrogens with zero attached hydrogens (tertiary/aromatic N) is 1. The number of nitrogens with one attached hydrogen (secondary N) is 4. The van der Waals surface area contributed by atoms with Crippen molar-refractivity contribution in [2.75, 3.05) is 18.4 Å². The van der Waals surface area contributed by atoms with Gasteiger partial charge in [-0.05, 0) is 29.8 Å². The number of para-hydroxylation sites is 2. The second-order valence-corrected chi connectivity index (χ2v) is 7.42. The topological polar surface area (TPSA) is 98.9 Å². The number of rotatable bonds is 8. The van der Waals surface area contributed by atoms with Crippen molar-refractivity contribution in [2.24, 2.45) is 0 Å². The largest absolute Gasteiger partial charge is 0.368 e. The number of hydrogen-bond acceptors (Lipinski definition) is 4. The summed E-state index contributed by atoms with van der Waals surface area (Å²) < 4.78 is 0. The molecule has 0 saturated carbocycles. The number of anilines is 1. The number of H-pyrrole nitrogens is 1. The molecule has 1 unspecified atom stereocenters. The molecule has 31 heavy (non-hydrogen) atoms. The Bertz CT molecular complexity index is 1220. The fourth-order valence-corrected chi connectivity index (χ4v) is 3.64. The molecule has 1 atom stereocenters. The molecular weight excluding hydrogens is 390 g/mol. The second-order valence-electron chi connectivity index (χ2n) is 7.42. The van der Waals surface area contributed by atoms with E-state index in [1.54, 1.807) is 0 Å². The Morgan fingerprint density at radius 1 is 1.00 bits per heavy atom. The zero-order chi connectivity index (χ0) is 21.6. The fourth-order valence-electron chi connectivity index (χ4n) is 3.64. The van der Waals surface area contributed by atoms with Crippen LogP contribution >= 0.6 is 0 Å². The third-order valence-electron chi connectivity index (χ3n) is 5.12. The van der Waals surface area contributed by atoms with Crippen molar-refractivity contribution in [2.45, 2.75) is 19.4 Å². The zero-order valence-corrected chi connectivity index (χ0v) is 17.3. The van der Waals surface area contributed by atoms with Gasteiger partial charge in [0.2, 0.25) is 11.8 Å².